The SMILES string of the molecule is C=CCN(c1ccc([C@H](C)O)cn1)C(C)(C)C. The first-order valence-corrected chi connectivity index (χ1v) is 5.89. The minimum Gasteiger partial charge on any atom is -0.389 e. The average molecular weight is 234 g/mol. The zero-order valence-electron chi connectivity index (χ0n) is 11.1. The zero-order valence-corrected chi connectivity index (χ0v) is 11.1. The second-order valence-electron chi connectivity index (χ2n) is 5.20. The van der Waals surface area contributed by atoms with Crippen LogP contribution in [-0.2, 0) is 0 Å². The van der Waals surface area contributed by atoms with Gasteiger partial charge in [-0.3, -0.25) is 0 Å². The molecule has 0 aliphatic carbocycles. The van der Waals surface area contributed by atoms with Crippen molar-refractivity contribution >= 4 is 5.82 Å². The lowest BCUT2D eigenvalue weighted by molar-refractivity contribution is 0.199. The van der Waals surface area contributed by atoms with E-state index >= 15 is 0 Å². The van der Waals surface area contributed by atoms with Gasteiger partial charge < -0.3 is 10.0 Å². The van der Waals surface area contributed by atoms with E-state index in [0.29, 0.717) is 0 Å². The first-order valence-electron chi connectivity index (χ1n) is 5.89. The number of pyridine rings is 1. The quantitative estimate of drug-likeness (QED) is 0.814. The molecule has 1 heterocycles. The Morgan fingerprint density at radius 1 is 1.47 bits per heavy atom. The van der Waals surface area contributed by atoms with Gasteiger partial charge in [-0.25, -0.2) is 4.98 Å². The first kappa shape index (κ1) is 13.7. The Morgan fingerprint density at radius 3 is 2.47 bits per heavy atom. The van der Waals surface area contributed by atoms with Crippen LogP contribution >= 0.6 is 0 Å². The minimum absolute atomic E-state index is 0.00641. The van der Waals surface area contributed by atoms with Crippen molar-refractivity contribution in [1.82, 2.24) is 4.98 Å². The molecule has 0 radical (unpaired) electrons. The molecule has 3 heteroatoms. The highest BCUT2D eigenvalue weighted by Gasteiger charge is 2.21. The lowest BCUT2D eigenvalue weighted by Gasteiger charge is -2.36. The van der Waals surface area contributed by atoms with Crippen LogP contribution in [0, 0.1) is 0 Å². The molecule has 0 fully saturated rings. The molecular formula is C14H22N2O. The Hall–Kier alpha value is -1.35. The van der Waals surface area contributed by atoms with Crippen molar-refractivity contribution in [3.05, 3.63) is 36.5 Å². The summed E-state index contributed by atoms with van der Waals surface area (Å²) in [4.78, 5) is 6.58. The van der Waals surface area contributed by atoms with Gasteiger partial charge in [-0.2, -0.15) is 0 Å². The van der Waals surface area contributed by atoms with E-state index in [-0.39, 0.29) is 5.54 Å². The maximum atomic E-state index is 9.45. The van der Waals surface area contributed by atoms with E-state index in [0.717, 1.165) is 17.9 Å². The van der Waals surface area contributed by atoms with Crippen molar-refractivity contribution in [3.8, 4) is 0 Å². The summed E-state index contributed by atoms with van der Waals surface area (Å²) in [6, 6.07) is 3.85. The molecular weight excluding hydrogens is 212 g/mol. The molecule has 17 heavy (non-hydrogen) atoms. The summed E-state index contributed by atoms with van der Waals surface area (Å²) < 4.78 is 0. The normalized spacial score (nSPS) is 13.2. The van der Waals surface area contributed by atoms with Crippen molar-refractivity contribution in [1.29, 1.82) is 0 Å². The molecule has 1 aromatic heterocycles. The number of hydrogen-bond donors (Lipinski definition) is 1. The molecule has 0 aromatic carbocycles. The highest BCUT2D eigenvalue weighted by atomic mass is 16.3. The maximum Gasteiger partial charge on any atom is 0.129 e. The Kier molecular flexibility index (Phi) is 4.29. The lowest BCUT2D eigenvalue weighted by Crippen LogP contribution is -2.42. The Bertz CT molecular complexity index is 363. The number of aliphatic hydroxyl groups excluding tert-OH is 1. The molecule has 1 rings (SSSR count). The van der Waals surface area contributed by atoms with E-state index < -0.39 is 6.10 Å². The Labute approximate surface area is 104 Å². The number of hydrogen-bond acceptors (Lipinski definition) is 3. The van der Waals surface area contributed by atoms with E-state index in [4.69, 9.17) is 0 Å². The average Bonchev–Trinajstić information content (AvgIpc) is 2.24. The van der Waals surface area contributed by atoms with Crippen LogP contribution in [-0.4, -0.2) is 22.2 Å². The van der Waals surface area contributed by atoms with E-state index in [1.807, 2.05) is 18.2 Å². The van der Waals surface area contributed by atoms with Crippen LogP contribution in [0.4, 0.5) is 5.82 Å². The van der Waals surface area contributed by atoms with Gasteiger partial charge >= 0.3 is 0 Å². The van der Waals surface area contributed by atoms with Gasteiger partial charge in [0, 0.05) is 18.3 Å². The number of nitrogens with zero attached hydrogens (tertiary/aromatic N) is 2. The van der Waals surface area contributed by atoms with E-state index in [1.54, 1.807) is 13.1 Å². The van der Waals surface area contributed by atoms with Crippen molar-refractivity contribution in [2.24, 2.45) is 0 Å². The molecule has 0 aliphatic rings. The highest BCUT2D eigenvalue weighted by molar-refractivity contribution is 5.43. The highest BCUT2D eigenvalue weighted by Crippen LogP contribution is 2.22. The number of anilines is 1. The molecule has 1 aromatic rings. The van der Waals surface area contributed by atoms with Crippen LogP contribution in [0.1, 0.15) is 39.4 Å². The van der Waals surface area contributed by atoms with Crippen molar-refractivity contribution in [3.63, 3.8) is 0 Å². The minimum atomic E-state index is -0.473. The fraction of sp³-hybridized carbons (Fsp3) is 0.500. The molecule has 0 unspecified atom stereocenters. The summed E-state index contributed by atoms with van der Waals surface area (Å²) in [5.41, 5.74) is 0.828. The predicted octanol–water partition coefficient (Wildman–Crippen LogP) is 2.93. The number of aliphatic hydroxyl groups is 1. The fourth-order valence-electron chi connectivity index (χ4n) is 1.64. The van der Waals surface area contributed by atoms with Crippen molar-refractivity contribution in [2.45, 2.75) is 39.3 Å². The summed E-state index contributed by atoms with van der Waals surface area (Å²) >= 11 is 0. The van der Waals surface area contributed by atoms with Crippen molar-refractivity contribution < 1.29 is 5.11 Å². The van der Waals surface area contributed by atoms with Crippen LogP contribution in [0.2, 0.25) is 0 Å². The standard InChI is InChI=1S/C14H22N2O/c1-6-9-16(14(3,4)5)13-8-7-12(10-15-13)11(2)17/h6-8,10-11,17H,1,9H2,2-5H3/t11-/m0/s1. The summed E-state index contributed by atoms with van der Waals surface area (Å²) in [5, 5.41) is 9.45. The topological polar surface area (TPSA) is 36.4 Å². The van der Waals surface area contributed by atoms with Gasteiger partial charge in [0.15, 0.2) is 0 Å². The number of aromatic nitrogens is 1. The molecule has 1 N–H and O–H groups in total. The summed E-state index contributed by atoms with van der Waals surface area (Å²) in [6.45, 7) is 12.7. The molecule has 0 saturated heterocycles. The second-order valence-corrected chi connectivity index (χ2v) is 5.20. The Balaban J connectivity index is 2.99. The third kappa shape index (κ3) is 3.56. The number of rotatable bonds is 4. The fourth-order valence-corrected chi connectivity index (χ4v) is 1.64. The van der Waals surface area contributed by atoms with Gasteiger partial charge in [0.1, 0.15) is 5.82 Å². The van der Waals surface area contributed by atoms with Crippen LogP contribution in [0.15, 0.2) is 31.0 Å². The van der Waals surface area contributed by atoms with Crippen LogP contribution in [0.5, 0.6) is 0 Å². The summed E-state index contributed by atoms with van der Waals surface area (Å²) in [6.07, 6.45) is 3.12. The Morgan fingerprint density at radius 2 is 2.12 bits per heavy atom. The third-order valence-corrected chi connectivity index (χ3v) is 2.65. The van der Waals surface area contributed by atoms with Gasteiger partial charge in [0.05, 0.1) is 6.10 Å². The molecule has 0 bridgehead atoms. The van der Waals surface area contributed by atoms with Crippen LogP contribution < -0.4 is 4.90 Å². The molecule has 94 valence electrons. The summed E-state index contributed by atoms with van der Waals surface area (Å²) in [7, 11) is 0. The van der Waals surface area contributed by atoms with Crippen molar-refractivity contribution in [2.75, 3.05) is 11.4 Å². The smallest absolute Gasteiger partial charge is 0.129 e. The molecule has 3 nitrogen and oxygen atoms in total. The predicted molar refractivity (Wildman–Crippen MR) is 72.2 cm³/mol. The third-order valence-electron chi connectivity index (χ3n) is 2.65. The molecule has 0 saturated carbocycles. The molecule has 1 atom stereocenters. The van der Waals surface area contributed by atoms with Gasteiger partial charge in [-0.1, -0.05) is 12.1 Å². The van der Waals surface area contributed by atoms with E-state index in [9.17, 15) is 5.11 Å². The van der Waals surface area contributed by atoms with E-state index in [1.165, 1.54) is 0 Å². The molecule has 0 amide bonds. The van der Waals surface area contributed by atoms with E-state index in [2.05, 4.69) is 37.2 Å². The van der Waals surface area contributed by atoms with Gasteiger partial charge in [0.25, 0.3) is 0 Å². The lowest BCUT2D eigenvalue weighted by atomic mass is 10.1. The largest absolute Gasteiger partial charge is 0.389 e. The van der Waals surface area contributed by atoms with Gasteiger partial charge in [-0.15, -0.1) is 6.58 Å². The first-order chi connectivity index (χ1) is 7.86. The van der Waals surface area contributed by atoms with Crippen LogP contribution in [0.25, 0.3) is 0 Å². The maximum absolute atomic E-state index is 9.45. The molecule has 0 spiro atoms. The van der Waals surface area contributed by atoms with Crippen LogP contribution in [0.3, 0.4) is 0 Å². The zero-order chi connectivity index (χ0) is 13.1. The monoisotopic (exact) mass is 234 g/mol. The molecule has 0 aliphatic heterocycles. The second kappa shape index (κ2) is 5.32. The summed E-state index contributed by atoms with van der Waals surface area (Å²) in [5.74, 6) is 0.904. The van der Waals surface area contributed by atoms with Gasteiger partial charge in [0.2, 0.25) is 0 Å². The van der Waals surface area contributed by atoms with Gasteiger partial charge in [-0.05, 0) is 39.3 Å².